The molecule has 2 aromatic carbocycles. The number of methoxy groups -OCH3 is 1. The summed E-state index contributed by atoms with van der Waals surface area (Å²) in [5.74, 6) is 1.07. The van der Waals surface area contributed by atoms with Crippen molar-refractivity contribution in [3.05, 3.63) is 53.0 Å². The quantitative estimate of drug-likeness (QED) is 0.649. The maximum absolute atomic E-state index is 8.60. The number of rotatable bonds is 5. The smallest absolute Gasteiger partial charge is 0.174 e. The second kappa shape index (κ2) is 7.35. The summed E-state index contributed by atoms with van der Waals surface area (Å²) >= 11 is 7.97. The second-order valence-electron chi connectivity index (χ2n) is 4.84. The number of nitriles is 1. The molecule has 0 bridgehead atoms. The molecule has 6 heteroatoms. The topological polar surface area (TPSA) is 55.1 Å². The lowest BCUT2D eigenvalue weighted by Crippen LogP contribution is -1.96. The number of fused-ring (bicyclic) bond motifs is 1. The van der Waals surface area contributed by atoms with Crippen LogP contribution in [-0.4, -0.2) is 18.7 Å². The van der Waals surface area contributed by atoms with Gasteiger partial charge in [0.1, 0.15) is 11.1 Å². The number of aromatic nitrogens is 1. The molecule has 0 saturated heterocycles. The number of nitrogens with zero attached hydrogens (tertiary/aromatic N) is 2. The first-order valence-electron chi connectivity index (χ1n) is 7.12. The van der Waals surface area contributed by atoms with E-state index in [0.29, 0.717) is 16.5 Å². The Morgan fingerprint density at radius 3 is 2.88 bits per heavy atom. The van der Waals surface area contributed by atoms with Gasteiger partial charge in [0.2, 0.25) is 0 Å². The van der Waals surface area contributed by atoms with Gasteiger partial charge in [0.05, 0.1) is 22.4 Å². The van der Waals surface area contributed by atoms with E-state index < -0.39 is 0 Å². The molecule has 24 heavy (non-hydrogen) atoms. The van der Waals surface area contributed by atoms with Crippen LogP contribution in [0, 0.1) is 11.3 Å². The zero-order chi connectivity index (χ0) is 16.9. The molecule has 120 valence electrons. The van der Waals surface area contributed by atoms with Gasteiger partial charge in [-0.15, -0.1) is 11.3 Å². The van der Waals surface area contributed by atoms with Crippen molar-refractivity contribution in [3.8, 4) is 17.6 Å². The standard InChI is InChI=1S/C18H13ClN2O2S/c1-22-16-11-12(6-7-15(16)23-9-8-20)10-13(19)18-21-14-4-2-3-5-17(14)24-18/h2-7,10-11H,9H2,1H3/b13-10-. The predicted molar refractivity (Wildman–Crippen MR) is 97.4 cm³/mol. The average molecular weight is 357 g/mol. The number of para-hydroxylation sites is 1. The summed E-state index contributed by atoms with van der Waals surface area (Å²) in [6, 6.07) is 15.3. The number of ether oxygens (including phenoxy) is 2. The van der Waals surface area contributed by atoms with Gasteiger partial charge in [0.15, 0.2) is 18.1 Å². The molecule has 0 atom stereocenters. The summed E-state index contributed by atoms with van der Waals surface area (Å²) in [5.41, 5.74) is 1.79. The molecule has 0 unspecified atom stereocenters. The lowest BCUT2D eigenvalue weighted by molar-refractivity contribution is 0.329. The van der Waals surface area contributed by atoms with E-state index in [1.165, 1.54) is 0 Å². The van der Waals surface area contributed by atoms with E-state index in [2.05, 4.69) is 4.98 Å². The Labute approximate surface area is 148 Å². The minimum absolute atomic E-state index is 0.0298. The summed E-state index contributed by atoms with van der Waals surface area (Å²) in [5, 5.41) is 9.93. The maximum atomic E-state index is 8.60. The molecule has 3 rings (SSSR count). The van der Waals surface area contributed by atoms with Crippen LogP contribution in [0.1, 0.15) is 10.6 Å². The monoisotopic (exact) mass is 356 g/mol. The Morgan fingerprint density at radius 1 is 1.29 bits per heavy atom. The van der Waals surface area contributed by atoms with Crippen LogP contribution in [0.25, 0.3) is 21.3 Å². The highest BCUT2D eigenvalue weighted by Crippen LogP contribution is 2.33. The van der Waals surface area contributed by atoms with Crippen LogP contribution in [0.15, 0.2) is 42.5 Å². The van der Waals surface area contributed by atoms with Crippen LogP contribution >= 0.6 is 22.9 Å². The Kier molecular flexibility index (Phi) is 4.99. The molecule has 0 aliphatic heterocycles. The number of benzene rings is 2. The van der Waals surface area contributed by atoms with E-state index in [-0.39, 0.29) is 6.61 Å². The molecule has 0 spiro atoms. The van der Waals surface area contributed by atoms with Gasteiger partial charge in [0, 0.05) is 0 Å². The Morgan fingerprint density at radius 2 is 2.12 bits per heavy atom. The molecule has 0 amide bonds. The Hall–Kier alpha value is -2.55. The molecule has 0 fully saturated rings. The lowest BCUT2D eigenvalue weighted by atomic mass is 10.2. The van der Waals surface area contributed by atoms with Crippen molar-refractivity contribution < 1.29 is 9.47 Å². The van der Waals surface area contributed by atoms with Gasteiger partial charge in [-0.2, -0.15) is 5.26 Å². The van der Waals surface area contributed by atoms with E-state index in [1.807, 2.05) is 48.5 Å². The molecule has 0 saturated carbocycles. The molecule has 1 heterocycles. The SMILES string of the molecule is COc1cc(/C=C(\Cl)c2nc3ccccc3s2)ccc1OCC#N. The fourth-order valence-electron chi connectivity index (χ4n) is 2.19. The van der Waals surface area contributed by atoms with E-state index >= 15 is 0 Å². The summed E-state index contributed by atoms with van der Waals surface area (Å²) in [7, 11) is 1.55. The Balaban J connectivity index is 1.90. The first kappa shape index (κ1) is 16.3. The van der Waals surface area contributed by atoms with Gasteiger partial charge in [-0.25, -0.2) is 4.98 Å². The third-order valence-corrected chi connectivity index (χ3v) is 4.74. The summed E-state index contributed by atoms with van der Waals surface area (Å²) in [4.78, 5) is 4.54. The zero-order valence-electron chi connectivity index (χ0n) is 12.8. The lowest BCUT2D eigenvalue weighted by Gasteiger charge is -2.09. The van der Waals surface area contributed by atoms with Crippen molar-refractivity contribution in [1.82, 2.24) is 4.98 Å². The summed E-state index contributed by atoms with van der Waals surface area (Å²) in [6.45, 7) is -0.0298. The third kappa shape index (κ3) is 3.51. The molecule has 0 N–H and O–H groups in total. The average Bonchev–Trinajstić information content (AvgIpc) is 3.04. The molecule has 4 nitrogen and oxygen atoms in total. The highest BCUT2D eigenvalue weighted by atomic mass is 35.5. The molecular formula is C18H13ClN2O2S. The molecule has 1 aromatic heterocycles. The van der Waals surface area contributed by atoms with Crippen molar-refractivity contribution in [1.29, 1.82) is 5.26 Å². The van der Waals surface area contributed by atoms with Crippen LogP contribution < -0.4 is 9.47 Å². The molecule has 0 radical (unpaired) electrons. The fourth-order valence-corrected chi connectivity index (χ4v) is 3.34. The van der Waals surface area contributed by atoms with Crippen LogP contribution in [0.5, 0.6) is 11.5 Å². The summed E-state index contributed by atoms with van der Waals surface area (Å²) < 4.78 is 11.7. The van der Waals surface area contributed by atoms with Crippen molar-refractivity contribution >= 4 is 44.3 Å². The number of hydrogen-bond donors (Lipinski definition) is 0. The predicted octanol–water partition coefficient (Wildman–Crippen LogP) is 4.94. The first-order chi connectivity index (χ1) is 11.7. The second-order valence-corrected chi connectivity index (χ2v) is 6.27. The number of halogens is 1. The number of hydrogen-bond acceptors (Lipinski definition) is 5. The van der Waals surface area contributed by atoms with Gasteiger partial charge in [-0.1, -0.05) is 29.8 Å². The maximum Gasteiger partial charge on any atom is 0.174 e. The minimum atomic E-state index is -0.0298. The van der Waals surface area contributed by atoms with Crippen molar-refractivity contribution in [2.24, 2.45) is 0 Å². The van der Waals surface area contributed by atoms with Crippen LogP contribution in [-0.2, 0) is 0 Å². The van der Waals surface area contributed by atoms with Gasteiger partial charge < -0.3 is 9.47 Å². The fraction of sp³-hybridized carbons (Fsp3) is 0.111. The molecule has 3 aromatic rings. The van der Waals surface area contributed by atoms with Crippen LogP contribution in [0.3, 0.4) is 0 Å². The normalized spacial score (nSPS) is 11.3. The molecule has 0 aliphatic carbocycles. The van der Waals surface area contributed by atoms with Crippen molar-refractivity contribution in [2.75, 3.05) is 13.7 Å². The van der Waals surface area contributed by atoms with Gasteiger partial charge in [0.25, 0.3) is 0 Å². The van der Waals surface area contributed by atoms with Crippen molar-refractivity contribution in [2.45, 2.75) is 0 Å². The molecule has 0 aliphatic rings. The van der Waals surface area contributed by atoms with E-state index in [9.17, 15) is 0 Å². The van der Waals surface area contributed by atoms with Gasteiger partial charge in [-0.05, 0) is 35.9 Å². The largest absolute Gasteiger partial charge is 0.493 e. The Bertz CT molecular complexity index is 911. The van der Waals surface area contributed by atoms with E-state index in [1.54, 1.807) is 24.5 Å². The molecular weight excluding hydrogens is 344 g/mol. The minimum Gasteiger partial charge on any atom is -0.493 e. The van der Waals surface area contributed by atoms with Crippen LogP contribution in [0.4, 0.5) is 0 Å². The highest BCUT2D eigenvalue weighted by molar-refractivity contribution is 7.20. The van der Waals surface area contributed by atoms with E-state index in [4.69, 9.17) is 26.3 Å². The van der Waals surface area contributed by atoms with Gasteiger partial charge >= 0.3 is 0 Å². The number of thiazole rings is 1. The van der Waals surface area contributed by atoms with Gasteiger partial charge in [-0.3, -0.25) is 0 Å². The summed E-state index contributed by atoms with van der Waals surface area (Å²) in [6.07, 6.45) is 1.83. The van der Waals surface area contributed by atoms with Crippen molar-refractivity contribution in [3.63, 3.8) is 0 Å². The van der Waals surface area contributed by atoms with E-state index in [0.717, 1.165) is 20.8 Å². The van der Waals surface area contributed by atoms with Crippen LogP contribution in [0.2, 0.25) is 0 Å². The third-order valence-electron chi connectivity index (χ3n) is 3.27. The highest BCUT2D eigenvalue weighted by Gasteiger charge is 2.09. The zero-order valence-corrected chi connectivity index (χ0v) is 14.4. The first-order valence-corrected chi connectivity index (χ1v) is 8.31.